The second-order valence-corrected chi connectivity index (χ2v) is 4.96. The molecule has 0 aliphatic rings. The predicted octanol–water partition coefficient (Wildman–Crippen LogP) is 1.46. The number of esters is 1. The molecule has 1 amide bonds. The van der Waals surface area contributed by atoms with Gasteiger partial charge in [-0.1, -0.05) is 11.6 Å². The Morgan fingerprint density at radius 3 is 2.58 bits per heavy atom. The van der Waals surface area contributed by atoms with Crippen LogP contribution in [0.4, 0.5) is 0 Å². The fourth-order valence-corrected chi connectivity index (χ4v) is 2.44. The first kappa shape index (κ1) is 15.5. The number of carboxylic acid groups (broad SMARTS) is 1. The molecule has 1 aromatic rings. The summed E-state index contributed by atoms with van der Waals surface area (Å²) in [5, 5.41) is 13.1. The van der Waals surface area contributed by atoms with Crippen LogP contribution in [0.15, 0.2) is 5.38 Å². The molecule has 1 aromatic heterocycles. The summed E-state index contributed by atoms with van der Waals surface area (Å²) in [5.41, 5.74) is 0.733. The van der Waals surface area contributed by atoms with Gasteiger partial charge in [-0.25, -0.2) is 4.79 Å². The van der Waals surface area contributed by atoms with Gasteiger partial charge in [0, 0.05) is 0 Å². The minimum atomic E-state index is -1.35. The van der Waals surface area contributed by atoms with E-state index in [1.165, 1.54) is 0 Å². The van der Waals surface area contributed by atoms with E-state index in [4.69, 9.17) is 16.7 Å². The number of aliphatic carboxylic acids is 1. The summed E-state index contributed by atoms with van der Waals surface area (Å²) in [6.07, 6.45) is -0.445. The molecule has 0 unspecified atom stereocenters. The maximum Gasteiger partial charge on any atom is 0.326 e. The molecular formula is C11H12ClNO5S. The van der Waals surface area contributed by atoms with Crippen LogP contribution in [0.2, 0.25) is 5.02 Å². The molecule has 6 nitrogen and oxygen atoms in total. The Balaban J connectivity index is 2.80. The lowest BCUT2D eigenvalue weighted by Crippen LogP contribution is -2.42. The molecule has 1 atom stereocenters. The number of hydrogen-bond acceptors (Lipinski definition) is 5. The summed E-state index contributed by atoms with van der Waals surface area (Å²) in [4.78, 5) is 34.1. The molecule has 0 bridgehead atoms. The Bertz CT molecular complexity index is 513. The number of hydrogen-bond donors (Lipinski definition) is 2. The lowest BCUT2D eigenvalue weighted by atomic mass is 10.2. The summed E-state index contributed by atoms with van der Waals surface area (Å²) < 4.78 is 4.37. The molecule has 0 aliphatic heterocycles. The minimum Gasteiger partial charge on any atom is -0.480 e. The number of carboxylic acids is 1. The van der Waals surface area contributed by atoms with E-state index in [1.807, 2.05) is 0 Å². The molecule has 0 saturated carbocycles. The fraction of sp³-hybridized carbons (Fsp3) is 0.364. The van der Waals surface area contributed by atoms with Crippen LogP contribution >= 0.6 is 22.9 Å². The van der Waals surface area contributed by atoms with Crippen molar-refractivity contribution in [2.45, 2.75) is 19.4 Å². The molecule has 0 saturated heterocycles. The zero-order valence-corrected chi connectivity index (χ0v) is 11.8. The van der Waals surface area contributed by atoms with Crippen molar-refractivity contribution in [3.63, 3.8) is 0 Å². The lowest BCUT2D eigenvalue weighted by molar-refractivity contribution is -0.147. The molecule has 0 radical (unpaired) electrons. The third kappa shape index (κ3) is 3.93. The van der Waals surface area contributed by atoms with Crippen molar-refractivity contribution >= 4 is 40.8 Å². The molecule has 19 heavy (non-hydrogen) atoms. The van der Waals surface area contributed by atoms with Crippen LogP contribution in [0, 0.1) is 6.92 Å². The van der Waals surface area contributed by atoms with Crippen molar-refractivity contribution in [3.8, 4) is 0 Å². The molecular weight excluding hydrogens is 294 g/mol. The van der Waals surface area contributed by atoms with Gasteiger partial charge in [-0.15, -0.1) is 11.3 Å². The highest BCUT2D eigenvalue weighted by atomic mass is 35.5. The van der Waals surface area contributed by atoms with Gasteiger partial charge in [0.25, 0.3) is 5.91 Å². The first-order valence-corrected chi connectivity index (χ1v) is 6.46. The maximum absolute atomic E-state index is 11.9. The lowest BCUT2D eigenvalue weighted by Gasteiger charge is -2.12. The average Bonchev–Trinajstić information content (AvgIpc) is 2.68. The molecule has 8 heteroatoms. The Morgan fingerprint density at radius 2 is 2.16 bits per heavy atom. The monoisotopic (exact) mass is 305 g/mol. The van der Waals surface area contributed by atoms with Gasteiger partial charge in [-0.3, -0.25) is 9.59 Å². The van der Waals surface area contributed by atoms with E-state index < -0.39 is 30.3 Å². The normalized spacial score (nSPS) is 11.7. The van der Waals surface area contributed by atoms with Crippen molar-refractivity contribution in [1.29, 1.82) is 0 Å². The number of ether oxygens (including phenoxy) is 1. The zero-order valence-electron chi connectivity index (χ0n) is 10.2. The number of halogens is 1. The number of rotatable bonds is 5. The van der Waals surface area contributed by atoms with Gasteiger partial charge < -0.3 is 15.2 Å². The van der Waals surface area contributed by atoms with Gasteiger partial charge in [-0.2, -0.15) is 0 Å². The first-order chi connectivity index (χ1) is 8.86. The van der Waals surface area contributed by atoms with E-state index in [0.717, 1.165) is 24.0 Å². The fourth-order valence-electron chi connectivity index (χ4n) is 1.26. The van der Waals surface area contributed by atoms with Crippen LogP contribution in [0.3, 0.4) is 0 Å². The van der Waals surface area contributed by atoms with Crippen molar-refractivity contribution in [3.05, 3.63) is 20.8 Å². The quantitative estimate of drug-likeness (QED) is 0.803. The molecule has 2 N–H and O–H groups in total. The van der Waals surface area contributed by atoms with Gasteiger partial charge in [0.2, 0.25) is 0 Å². The molecule has 0 fully saturated rings. The van der Waals surface area contributed by atoms with Crippen LogP contribution in [0.25, 0.3) is 0 Å². The van der Waals surface area contributed by atoms with E-state index in [-0.39, 0.29) is 9.90 Å². The summed E-state index contributed by atoms with van der Waals surface area (Å²) in [6.45, 7) is 1.73. The van der Waals surface area contributed by atoms with Gasteiger partial charge >= 0.3 is 11.9 Å². The van der Waals surface area contributed by atoms with Crippen LogP contribution in [-0.2, 0) is 14.3 Å². The van der Waals surface area contributed by atoms with Crippen LogP contribution in [0.1, 0.15) is 21.7 Å². The predicted molar refractivity (Wildman–Crippen MR) is 69.6 cm³/mol. The maximum atomic E-state index is 11.9. The van der Waals surface area contributed by atoms with Gasteiger partial charge in [0.15, 0.2) is 0 Å². The number of carbonyl (C=O) groups excluding carboxylic acids is 2. The molecule has 1 rings (SSSR count). The Labute approximate surface area is 118 Å². The van der Waals surface area contributed by atoms with Crippen LogP contribution in [0.5, 0.6) is 0 Å². The highest BCUT2D eigenvalue weighted by Crippen LogP contribution is 2.27. The first-order valence-electron chi connectivity index (χ1n) is 5.20. The number of thiophene rings is 1. The molecule has 104 valence electrons. The zero-order chi connectivity index (χ0) is 14.6. The number of methoxy groups -OCH3 is 1. The molecule has 1 heterocycles. The standard InChI is InChI=1S/C11H12ClNO5S/c1-5-4-19-9(8(5)12)10(15)13-6(11(16)17)3-7(14)18-2/h4,6H,3H2,1-2H3,(H,13,15)(H,16,17)/t6-/m0/s1. The van der Waals surface area contributed by atoms with Crippen molar-refractivity contribution in [2.75, 3.05) is 7.11 Å². The third-order valence-corrected chi connectivity index (χ3v) is 4.00. The minimum absolute atomic E-state index is 0.218. The molecule has 0 aromatic carbocycles. The SMILES string of the molecule is COC(=O)C[C@H](NC(=O)c1scc(C)c1Cl)C(=O)O. The number of carbonyl (C=O) groups is 3. The Kier molecular flexibility index (Phi) is 5.31. The summed E-state index contributed by atoms with van der Waals surface area (Å²) in [5.74, 6) is -2.66. The second-order valence-electron chi connectivity index (χ2n) is 3.71. The van der Waals surface area contributed by atoms with E-state index in [1.54, 1.807) is 12.3 Å². The van der Waals surface area contributed by atoms with Crippen LogP contribution in [-0.4, -0.2) is 36.1 Å². The number of nitrogens with one attached hydrogen (secondary N) is 1. The second kappa shape index (κ2) is 6.53. The highest BCUT2D eigenvalue weighted by Gasteiger charge is 2.26. The summed E-state index contributed by atoms with van der Waals surface area (Å²) >= 11 is 7.02. The van der Waals surface area contributed by atoms with E-state index in [2.05, 4.69) is 10.1 Å². The van der Waals surface area contributed by atoms with E-state index in [9.17, 15) is 14.4 Å². The van der Waals surface area contributed by atoms with Crippen molar-refractivity contribution in [1.82, 2.24) is 5.32 Å². The topological polar surface area (TPSA) is 92.7 Å². The number of aryl methyl sites for hydroxylation is 1. The van der Waals surface area contributed by atoms with Gasteiger partial charge in [0.05, 0.1) is 18.6 Å². The molecule has 0 aliphatic carbocycles. The van der Waals surface area contributed by atoms with Crippen molar-refractivity contribution < 1.29 is 24.2 Å². The number of amides is 1. The van der Waals surface area contributed by atoms with Gasteiger partial charge in [0.1, 0.15) is 10.9 Å². The highest BCUT2D eigenvalue weighted by molar-refractivity contribution is 7.13. The average molecular weight is 306 g/mol. The third-order valence-electron chi connectivity index (χ3n) is 2.31. The molecule has 0 spiro atoms. The Morgan fingerprint density at radius 1 is 1.53 bits per heavy atom. The van der Waals surface area contributed by atoms with Crippen molar-refractivity contribution in [2.24, 2.45) is 0 Å². The Hall–Kier alpha value is -1.60. The summed E-state index contributed by atoms with van der Waals surface area (Å²) in [6, 6.07) is -1.35. The smallest absolute Gasteiger partial charge is 0.326 e. The van der Waals surface area contributed by atoms with E-state index in [0.29, 0.717) is 0 Å². The largest absolute Gasteiger partial charge is 0.480 e. The van der Waals surface area contributed by atoms with Gasteiger partial charge in [-0.05, 0) is 17.9 Å². The van der Waals surface area contributed by atoms with E-state index >= 15 is 0 Å². The summed E-state index contributed by atoms with van der Waals surface area (Å²) in [7, 11) is 1.14. The van der Waals surface area contributed by atoms with Crippen LogP contribution < -0.4 is 5.32 Å².